The average molecular weight is 286 g/mol. The number of benzene rings is 1. The molecule has 3 fully saturated rings. The fourth-order valence-corrected chi connectivity index (χ4v) is 3.27. The summed E-state index contributed by atoms with van der Waals surface area (Å²) in [6, 6.07) is 6.04. The Morgan fingerprint density at radius 3 is 2.48 bits per heavy atom. The fraction of sp³-hybridized carbons (Fsp3) is 0.333. The number of nitro groups is 1. The molecule has 0 unspecified atom stereocenters. The number of fused-ring (bicyclic) bond motifs is 2. The Morgan fingerprint density at radius 1 is 1.33 bits per heavy atom. The number of amides is 2. The number of nitrogens with zero attached hydrogens (tertiary/aromatic N) is 2. The van der Waals surface area contributed by atoms with Gasteiger partial charge in [0.05, 0.1) is 10.3 Å². The van der Waals surface area contributed by atoms with Crippen molar-refractivity contribution in [2.75, 3.05) is 6.54 Å². The molecule has 0 atom stereocenters. The lowest BCUT2D eigenvalue weighted by molar-refractivity contribution is -0.384. The van der Waals surface area contributed by atoms with E-state index in [-0.39, 0.29) is 30.0 Å². The molecule has 6 heteroatoms. The number of carbonyl (C=O) groups is 2. The third-order valence-electron chi connectivity index (χ3n) is 4.40. The van der Waals surface area contributed by atoms with Crippen LogP contribution < -0.4 is 0 Å². The van der Waals surface area contributed by atoms with Crippen LogP contribution in [0.5, 0.6) is 0 Å². The van der Waals surface area contributed by atoms with Crippen LogP contribution in [0, 0.1) is 16.0 Å². The Morgan fingerprint density at radius 2 is 1.95 bits per heavy atom. The van der Waals surface area contributed by atoms with Crippen LogP contribution in [0.2, 0.25) is 0 Å². The van der Waals surface area contributed by atoms with Gasteiger partial charge in [0.15, 0.2) is 0 Å². The molecule has 4 rings (SSSR count). The van der Waals surface area contributed by atoms with E-state index in [0.29, 0.717) is 12.8 Å². The molecule has 1 aromatic rings. The van der Waals surface area contributed by atoms with E-state index in [1.807, 2.05) is 0 Å². The molecule has 21 heavy (non-hydrogen) atoms. The van der Waals surface area contributed by atoms with Crippen molar-refractivity contribution >= 4 is 17.5 Å². The van der Waals surface area contributed by atoms with Crippen molar-refractivity contribution in [3.63, 3.8) is 0 Å². The van der Waals surface area contributed by atoms with Crippen molar-refractivity contribution in [2.45, 2.75) is 18.3 Å². The molecule has 2 heterocycles. The standard InChI is InChI=1S/C15H14N2O4/c1-2-7-16-13(18)10-8-15(9-10,14(16)19)11-3-5-12(6-4-11)17(20)21/h2-6,10H,1,7-9H2. The highest BCUT2D eigenvalue weighted by Gasteiger charge is 2.61. The quantitative estimate of drug-likeness (QED) is 0.366. The van der Waals surface area contributed by atoms with Crippen molar-refractivity contribution in [3.05, 3.63) is 52.6 Å². The van der Waals surface area contributed by atoms with Crippen LogP contribution in [0.3, 0.4) is 0 Å². The number of rotatable bonds is 4. The first-order valence-corrected chi connectivity index (χ1v) is 6.71. The van der Waals surface area contributed by atoms with Gasteiger partial charge in [0.2, 0.25) is 11.8 Å². The number of carbonyl (C=O) groups excluding carboxylic acids is 2. The Bertz CT molecular complexity index is 644. The summed E-state index contributed by atoms with van der Waals surface area (Å²) in [4.78, 5) is 36.1. The van der Waals surface area contributed by atoms with Crippen molar-refractivity contribution in [3.8, 4) is 0 Å². The summed E-state index contributed by atoms with van der Waals surface area (Å²) < 4.78 is 0. The van der Waals surface area contributed by atoms with Gasteiger partial charge < -0.3 is 0 Å². The summed E-state index contributed by atoms with van der Waals surface area (Å²) in [6.45, 7) is 3.78. The van der Waals surface area contributed by atoms with Gasteiger partial charge in [-0.05, 0) is 18.4 Å². The van der Waals surface area contributed by atoms with Crippen LogP contribution in [0.4, 0.5) is 5.69 Å². The minimum atomic E-state index is -0.698. The van der Waals surface area contributed by atoms with Crippen molar-refractivity contribution in [1.82, 2.24) is 4.90 Å². The minimum absolute atomic E-state index is 0.00620. The van der Waals surface area contributed by atoms with E-state index in [1.54, 1.807) is 12.1 Å². The maximum absolute atomic E-state index is 12.6. The van der Waals surface area contributed by atoms with Gasteiger partial charge in [-0.2, -0.15) is 0 Å². The normalized spacial score (nSPS) is 27.2. The smallest absolute Gasteiger partial charge is 0.269 e. The van der Waals surface area contributed by atoms with Gasteiger partial charge in [-0.1, -0.05) is 18.2 Å². The second-order valence-electron chi connectivity index (χ2n) is 5.53. The first-order chi connectivity index (χ1) is 9.99. The maximum Gasteiger partial charge on any atom is 0.269 e. The second kappa shape index (κ2) is 4.51. The summed E-state index contributed by atoms with van der Waals surface area (Å²) in [5.41, 5.74) is 0.0423. The number of hydrogen-bond donors (Lipinski definition) is 0. The highest BCUT2D eigenvalue weighted by atomic mass is 16.6. The van der Waals surface area contributed by atoms with E-state index in [1.165, 1.54) is 23.1 Å². The number of non-ortho nitro benzene ring substituents is 1. The largest absolute Gasteiger partial charge is 0.278 e. The van der Waals surface area contributed by atoms with E-state index >= 15 is 0 Å². The number of hydrogen-bond acceptors (Lipinski definition) is 4. The van der Waals surface area contributed by atoms with Gasteiger partial charge in [-0.15, -0.1) is 6.58 Å². The van der Waals surface area contributed by atoms with Crippen LogP contribution in [0.15, 0.2) is 36.9 Å². The van der Waals surface area contributed by atoms with Crippen LogP contribution in [-0.4, -0.2) is 28.2 Å². The summed E-state index contributed by atoms with van der Waals surface area (Å²) in [6.07, 6.45) is 2.52. The molecule has 1 saturated carbocycles. The maximum atomic E-state index is 12.6. The highest BCUT2D eigenvalue weighted by molar-refractivity contribution is 6.08. The molecule has 0 aromatic heterocycles. The molecule has 0 radical (unpaired) electrons. The van der Waals surface area contributed by atoms with Gasteiger partial charge in [0.25, 0.3) is 5.69 Å². The Balaban J connectivity index is 1.94. The third-order valence-corrected chi connectivity index (χ3v) is 4.40. The molecule has 2 bridgehead atoms. The number of imide groups is 1. The predicted molar refractivity (Wildman–Crippen MR) is 74.4 cm³/mol. The minimum Gasteiger partial charge on any atom is -0.278 e. The summed E-state index contributed by atoms with van der Waals surface area (Å²) >= 11 is 0. The molecule has 2 amide bonds. The van der Waals surface area contributed by atoms with Crippen molar-refractivity contribution in [2.24, 2.45) is 5.92 Å². The highest BCUT2D eigenvalue weighted by Crippen LogP contribution is 2.53. The lowest BCUT2D eigenvalue weighted by Gasteiger charge is -2.53. The van der Waals surface area contributed by atoms with Crippen LogP contribution in [0.25, 0.3) is 0 Å². The van der Waals surface area contributed by atoms with Crippen LogP contribution >= 0.6 is 0 Å². The van der Waals surface area contributed by atoms with Gasteiger partial charge in [-0.3, -0.25) is 24.6 Å². The zero-order valence-electron chi connectivity index (χ0n) is 11.3. The molecule has 0 N–H and O–H groups in total. The number of nitro benzene ring substituents is 1. The molecule has 2 saturated heterocycles. The zero-order valence-corrected chi connectivity index (χ0v) is 11.3. The van der Waals surface area contributed by atoms with Crippen LogP contribution in [0.1, 0.15) is 18.4 Å². The molecule has 1 aliphatic carbocycles. The molecule has 1 aromatic carbocycles. The SMILES string of the molecule is C=CCN1C(=O)C2CC(c3ccc([N+](=O)[O-])cc3)(C2)C1=O. The molecule has 6 nitrogen and oxygen atoms in total. The second-order valence-corrected chi connectivity index (χ2v) is 5.53. The first-order valence-electron chi connectivity index (χ1n) is 6.71. The van der Waals surface area contributed by atoms with Crippen LogP contribution in [-0.2, 0) is 15.0 Å². The Kier molecular flexibility index (Phi) is 2.90. The molecule has 108 valence electrons. The molecule has 0 spiro atoms. The summed E-state index contributed by atoms with van der Waals surface area (Å²) in [5, 5.41) is 10.7. The van der Waals surface area contributed by atoms with Crippen molar-refractivity contribution in [1.29, 1.82) is 0 Å². The zero-order chi connectivity index (χ0) is 15.2. The van der Waals surface area contributed by atoms with Gasteiger partial charge >= 0.3 is 0 Å². The summed E-state index contributed by atoms with van der Waals surface area (Å²) in [7, 11) is 0. The van der Waals surface area contributed by atoms with Crippen molar-refractivity contribution < 1.29 is 14.5 Å². The third kappa shape index (κ3) is 1.79. The van der Waals surface area contributed by atoms with E-state index < -0.39 is 10.3 Å². The van der Waals surface area contributed by atoms with Gasteiger partial charge in [0, 0.05) is 24.6 Å². The van der Waals surface area contributed by atoms with E-state index in [2.05, 4.69) is 6.58 Å². The van der Waals surface area contributed by atoms with E-state index in [0.717, 1.165) is 5.56 Å². The molecule has 2 aliphatic heterocycles. The predicted octanol–water partition coefficient (Wildman–Crippen LogP) is 1.80. The number of piperidine rings is 2. The molecule has 3 aliphatic rings. The molecular formula is C15H14N2O4. The van der Waals surface area contributed by atoms with Gasteiger partial charge in [-0.25, -0.2) is 0 Å². The lowest BCUT2D eigenvalue weighted by Crippen LogP contribution is -2.65. The monoisotopic (exact) mass is 286 g/mol. The first kappa shape index (κ1) is 13.5. The van der Waals surface area contributed by atoms with Gasteiger partial charge in [0.1, 0.15) is 0 Å². The van der Waals surface area contributed by atoms with E-state index in [9.17, 15) is 19.7 Å². The summed E-state index contributed by atoms with van der Waals surface area (Å²) in [5.74, 6) is -0.481. The Hall–Kier alpha value is -2.50. The topological polar surface area (TPSA) is 80.5 Å². The lowest BCUT2D eigenvalue weighted by atomic mass is 9.55. The van der Waals surface area contributed by atoms with E-state index in [4.69, 9.17) is 0 Å². The Labute approximate surface area is 121 Å². The molecular weight excluding hydrogens is 272 g/mol. The average Bonchev–Trinajstić information content (AvgIpc) is 2.42. The fourth-order valence-electron chi connectivity index (χ4n) is 3.27.